The van der Waals surface area contributed by atoms with Gasteiger partial charge in [-0.1, -0.05) is 6.42 Å². The lowest BCUT2D eigenvalue weighted by Gasteiger charge is -2.13. The van der Waals surface area contributed by atoms with Crippen LogP contribution in [0.15, 0.2) is 12.3 Å². The second-order valence-corrected chi connectivity index (χ2v) is 10.7. The molecule has 1 aliphatic rings. The summed E-state index contributed by atoms with van der Waals surface area (Å²) in [6, 6.07) is 0.794. The lowest BCUT2D eigenvalue weighted by molar-refractivity contribution is -0.142. The van der Waals surface area contributed by atoms with E-state index >= 15 is 0 Å². The minimum atomic E-state index is -4.83. The number of aromatic nitrogens is 5. The predicted octanol–water partition coefficient (Wildman–Crippen LogP) is 5.25. The Morgan fingerprint density at radius 1 is 1.07 bits per heavy atom. The second-order valence-electron chi connectivity index (χ2n) is 9.71. The number of carbonyl (C=O) groups excluding carboxylic acids is 2. The summed E-state index contributed by atoms with van der Waals surface area (Å²) in [6.07, 6.45) is -5.81. The molecule has 41 heavy (non-hydrogen) atoms. The van der Waals surface area contributed by atoms with E-state index in [-0.39, 0.29) is 38.3 Å². The highest BCUT2D eigenvalue weighted by atomic mass is 32.1. The third-order valence-corrected chi connectivity index (χ3v) is 8.13. The topological polar surface area (TPSA) is 121 Å². The molecule has 2 amide bonds. The highest BCUT2D eigenvalue weighted by Gasteiger charge is 2.40. The van der Waals surface area contributed by atoms with Gasteiger partial charge in [0.25, 0.3) is 5.91 Å². The Balaban J connectivity index is 1.62. The van der Waals surface area contributed by atoms with Crippen LogP contribution in [-0.4, -0.2) is 36.4 Å². The number of nitrogens with zero attached hydrogens (tertiary/aromatic N) is 5. The lowest BCUT2D eigenvalue weighted by Crippen LogP contribution is -2.23. The summed E-state index contributed by atoms with van der Waals surface area (Å²) < 4.78 is 84.9. The van der Waals surface area contributed by atoms with Crippen LogP contribution in [0.25, 0.3) is 21.3 Å². The van der Waals surface area contributed by atoms with Crippen molar-refractivity contribution in [2.24, 2.45) is 12.8 Å². The van der Waals surface area contributed by atoms with Crippen molar-refractivity contribution in [1.29, 1.82) is 0 Å². The van der Waals surface area contributed by atoms with Gasteiger partial charge in [-0.15, -0.1) is 11.3 Å². The monoisotopic (exact) mass is 599 g/mol. The van der Waals surface area contributed by atoms with E-state index in [2.05, 4.69) is 20.5 Å². The minimum absolute atomic E-state index is 0.000659. The lowest BCUT2D eigenvalue weighted by atomic mass is 10.0. The summed E-state index contributed by atoms with van der Waals surface area (Å²) in [7, 11) is 1.59. The Bertz CT molecular complexity index is 1680. The number of primary amides is 1. The van der Waals surface area contributed by atoms with Crippen LogP contribution in [0.4, 0.5) is 32.0 Å². The molecule has 5 rings (SSSR count). The van der Waals surface area contributed by atoms with Crippen molar-refractivity contribution in [1.82, 2.24) is 24.5 Å². The van der Waals surface area contributed by atoms with Gasteiger partial charge in [0, 0.05) is 34.9 Å². The minimum Gasteiger partial charge on any atom is -0.365 e. The largest absolute Gasteiger partial charge is 0.435 e. The SMILES string of the molecule is Cc1c(-c2cc(C(F)(F)F)nc3sc(C(N)=O)c(NC(=O)Cn4nc(C(F)(F)F)c5c4CCCCC5)c23)cnn1C. The maximum atomic E-state index is 13.8. The van der Waals surface area contributed by atoms with Gasteiger partial charge >= 0.3 is 12.4 Å². The van der Waals surface area contributed by atoms with Gasteiger partial charge in [-0.05, 0) is 44.2 Å². The standard InChI is InChI=1S/C25H23F6N7O2S/c1-11-14(9-33-37(11)2)13-8-16(24(26,27)28)34-23-18(13)19(20(41-23)22(32)40)35-17(39)10-38-15-7-5-3-4-6-12(15)21(36-38)25(29,30)31/h8-9H,3-7,10H2,1-2H3,(H2,32,40)(H,35,39). The molecule has 0 fully saturated rings. The maximum Gasteiger partial charge on any atom is 0.435 e. The Hall–Kier alpha value is -3.95. The Morgan fingerprint density at radius 2 is 1.78 bits per heavy atom. The number of thiophene rings is 1. The fourth-order valence-corrected chi connectivity index (χ4v) is 6.04. The maximum absolute atomic E-state index is 13.8. The van der Waals surface area contributed by atoms with E-state index < -0.39 is 42.1 Å². The summed E-state index contributed by atoms with van der Waals surface area (Å²) in [5, 5.41) is 10.3. The van der Waals surface area contributed by atoms with E-state index in [1.807, 2.05) is 0 Å². The molecule has 0 aromatic carbocycles. The highest BCUT2D eigenvalue weighted by molar-refractivity contribution is 7.21. The number of aryl methyl sites for hydroxylation is 1. The summed E-state index contributed by atoms with van der Waals surface area (Å²) in [6.45, 7) is 1.01. The molecule has 0 saturated heterocycles. The predicted molar refractivity (Wildman–Crippen MR) is 137 cm³/mol. The number of halogens is 6. The average molecular weight is 600 g/mol. The number of nitrogens with two attached hydrogens (primary N) is 1. The number of nitrogens with one attached hydrogen (secondary N) is 1. The first kappa shape index (κ1) is 28.6. The first-order valence-electron chi connectivity index (χ1n) is 12.5. The van der Waals surface area contributed by atoms with Gasteiger partial charge < -0.3 is 11.1 Å². The van der Waals surface area contributed by atoms with Crippen LogP contribution in [0.1, 0.15) is 57.3 Å². The van der Waals surface area contributed by atoms with Crippen LogP contribution < -0.4 is 11.1 Å². The number of amides is 2. The Labute approximate surface area is 232 Å². The molecule has 0 atom stereocenters. The third-order valence-electron chi connectivity index (χ3n) is 7.03. The molecule has 0 spiro atoms. The van der Waals surface area contributed by atoms with Gasteiger partial charge in [0.1, 0.15) is 21.9 Å². The zero-order chi connectivity index (χ0) is 29.9. The van der Waals surface area contributed by atoms with E-state index in [0.29, 0.717) is 47.6 Å². The number of anilines is 1. The zero-order valence-corrected chi connectivity index (χ0v) is 22.5. The number of pyridine rings is 1. The molecule has 218 valence electrons. The molecule has 0 aliphatic heterocycles. The summed E-state index contributed by atoms with van der Waals surface area (Å²) >= 11 is 0.566. The number of carbonyl (C=O) groups is 2. The smallest absolute Gasteiger partial charge is 0.365 e. The van der Waals surface area contributed by atoms with Crippen molar-refractivity contribution in [2.75, 3.05) is 5.32 Å². The second kappa shape index (κ2) is 10.2. The molecular weight excluding hydrogens is 576 g/mol. The number of hydrogen-bond acceptors (Lipinski definition) is 6. The summed E-state index contributed by atoms with van der Waals surface area (Å²) in [5.41, 5.74) is 4.22. The molecule has 0 saturated carbocycles. The molecule has 0 bridgehead atoms. The number of fused-ring (bicyclic) bond motifs is 2. The Morgan fingerprint density at radius 3 is 2.39 bits per heavy atom. The molecule has 0 radical (unpaired) electrons. The molecule has 1 aliphatic carbocycles. The van der Waals surface area contributed by atoms with Gasteiger partial charge in [0.15, 0.2) is 5.69 Å². The van der Waals surface area contributed by atoms with Crippen LogP contribution in [0, 0.1) is 6.92 Å². The normalized spacial score (nSPS) is 14.2. The van der Waals surface area contributed by atoms with Crippen molar-refractivity contribution >= 4 is 39.1 Å². The van der Waals surface area contributed by atoms with E-state index in [0.717, 1.165) is 17.2 Å². The molecule has 4 aromatic rings. The number of rotatable bonds is 5. The van der Waals surface area contributed by atoms with Gasteiger partial charge in [0.05, 0.1) is 11.9 Å². The zero-order valence-electron chi connectivity index (χ0n) is 21.7. The summed E-state index contributed by atoms with van der Waals surface area (Å²) in [4.78, 5) is 28.8. The first-order chi connectivity index (χ1) is 19.2. The van der Waals surface area contributed by atoms with Crippen LogP contribution in [0.3, 0.4) is 0 Å². The van der Waals surface area contributed by atoms with Gasteiger partial charge in [-0.3, -0.25) is 19.0 Å². The van der Waals surface area contributed by atoms with Crippen molar-refractivity contribution < 1.29 is 35.9 Å². The van der Waals surface area contributed by atoms with Crippen molar-refractivity contribution in [2.45, 2.75) is 57.9 Å². The fraction of sp³-hybridized carbons (Fsp3) is 0.400. The molecule has 4 aromatic heterocycles. The average Bonchev–Trinajstić information content (AvgIpc) is 3.45. The van der Waals surface area contributed by atoms with Crippen molar-refractivity contribution in [3.05, 3.63) is 45.5 Å². The van der Waals surface area contributed by atoms with Crippen molar-refractivity contribution in [3.63, 3.8) is 0 Å². The molecule has 0 unspecified atom stereocenters. The third kappa shape index (κ3) is 5.27. The van der Waals surface area contributed by atoms with Gasteiger partial charge in [0.2, 0.25) is 5.91 Å². The molecule has 3 N–H and O–H groups in total. The van der Waals surface area contributed by atoms with Gasteiger partial charge in [-0.25, -0.2) is 4.98 Å². The van der Waals surface area contributed by atoms with E-state index in [1.165, 1.54) is 10.9 Å². The number of alkyl halides is 6. The summed E-state index contributed by atoms with van der Waals surface area (Å²) in [5.74, 6) is -1.87. The molecular formula is C25H23F6N7O2S. The van der Waals surface area contributed by atoms with E-state index in [4.69, 9.17) is 5.73 Å². The quantitative estimate of drug-likeness (QED) is 0.240. The van der Waals surface area contributed by atoms with Gasteiger partial charge in [-0.2, -0.15) is 36.5 Å². The van der Waals surface area contributed by atoms with E-state index in [1.54, 1.807) is 14.0 Å². The van der Waals surface area contributed by atoms with Crippen LogP contribution >= 0.6 is 11.3 Å². The molecule has 9 nitrogen and oxygen atoms in total. The molecule has 16 heteroatoms. The highest BCUT2D eigenvalue weighted by Crippen LogP contribution is 2.44. The van der Waals surface area contributed by atoms with Crippen LogP contribution in [0.5, 0.6) is 0 Å². The van der Waals surface area contributed by atoms with E-state index in [9.17, 15) is 35.9 Å². The number of hydrogen-bond donors (Lipinski definition) is 2. The molecule has 4 heterocycles. The Kier molecular flexibility index (Phi) is 7.07. The van der Waals surface area contributed by atoms with Crippen LogP contribution in [-0.2, 0) is 43.6 Å². The fourth-order valence-electron chi connectivity index (χ4n) is 5.03. The first-order valence-corrected chi connectivity index (χ1v) is 13.3. The van der Waals surface area contributed by atoms with Crippen molar-refractivity contribution in [3.8, 4) is 11.1 Å². The van der Waals surface area contributed by atoms with Crippen LogP contribution in [0.2, 0.25) is 0 Å².